The van der Waals surface area contributed by atoms with Crippen molar-refractivity contribution in [3.05, 3.63) is 28.8 Å². The van der Waals surface area contributed by atoms with Crippen LogP contribution in [0.3, 0.4) is 0 Å². The van der Waals surface area contributed by atoms with E-state index in [0.29, 0.717) is 13.1 Å². The van der Waals surface area contributed by atoms with Crippen LogP contribution in [0, 0.1) is 0 Å². The van der Waals surface area contributed by atoms with E-state index >= 15 is 0 Å². The average Bonchev–Trinajstić information content (AvgIpc) is 2.55. The number of nitrogens with one attached hydrogen (secondary N) is 1. The number of hydrogen-bond acceptors (Lipinski definition) is 3. The highest BCUT2D eigenvalue weighted by Gasteiger charge is 2.31. The number of carbonyl (C=O) groups is 1. The number of nitrogens with zero attached hydrogens (tertiary/aromatic N) is 1. The Morgan fingerprint density at radius 3 is 2.44 bits per heavy atom. The summed E-state index contributed by atoms with van der Waals surface area (Å²) < 4.78 is 63.8. The molecule has 1 aromatic rings. The smallest absolute Gasteiger partial charge is 0.325 e. The summed E-state index contributed by atoms with van der Waals surface area (Å²) in [6.45, 7) is 0.868. The van der Waals surface area contributed by atoms with Gasteiger partial charge in [0.25, 0.3) is 0 Å². The Hall–Kier alpha value is -1.32. The predicted octanol–water partition coefficient (Wildman–Crippen LogP) is 3.50. The number of alkyl halides is 3. The van der Waals surface area contributed by atoms with E-state index in [1.54, 1.807) is 0 Å². The van der Waals surface area contributed by atoms with Crippen LogP contribution >= 0.6 is 11.6 Å². The molecule has 0 aromatic heterocycles. The lowest BCUT2D eigenvalue weighted by atomic mass is 10.2. The summed E-state index contributed by atoms with van der Waals surface area (Å²) in [4.78, 5) is 11.9. The van der Waals surface area contributed by atoms with Crippen LogP contribution in [0.2, 0.25) is 5.02 Å². The molecule has 0 bridgehead atoms. The van der Waals surface area contributed by atoms with Crippen molar-refractivity contribution in [1.29, 1.82) is 0 Å². The molecular formula is C15H18ClF3N2O3S. The summed E-state index contributed by atoms with van der Waals surface area (Å²) >= 11 is 5.79. The maximum atomic E-state index is 12.7. The van der Waals surface area contributed by atoms with Gasteiger partial charge in [0.1, 0.15) is 0 Å². The third-order valence-corrected chi connectivity index (χ3v) is 6.06. The Bertz CT molecular complexity index is 732. The van der Waals surface area contributed by atoms with E-state index in [9.17, 15) is 26.4 Å². The summed E-state index contributed by atoms with van der Waals surface area (Å²) in [6, 6.07) is 2.56. The molecule has 25 heavy (non-hydrogen) atoms. The number of carbonyl (C=O) groups excluding carboxylic acids is 1. The van der Waals surface area contributed by atoms with Crippen molar-refractivity contribution in [2.75, 3.05) is 24.2 Å². The second kappa shape index (κ2) is 7.92. The van der Waals surface area contributed by atoms with Crippen LogP contribution in [0.15, 0.2) is 18.2 Å². The van der Waals surface area contributed by atoms with Crippen LogP contribution in [0.1, 0.15) is 31.2 Å². The summed E-state index contributed by atoms with van der Waals surface area (Å²) in [5.41, 5.74) is -1.15. The zero-order valence-electron chi connectivity index (χ0n) is 13.3. The number of anilines is 1. The van der Waals surface area contributed by atoms with Crippen LogP contribution < -0.4 is 5.32 Å². The molecule has 0 atom stereocenters. The lowest BCUT2D eigenvalue weighted by molar-refractivity contribution is -0.137. The number of amides is 1. The Balaban J connectivity index is 1.98. The molecule has 1 aliphatic rings. The van der Waals surface area contributed by atoms with E-state index in [1.165, 1.54) is 4.31 Å². The Morgan fingerprint density at radius 2 is 1.84 bits per heavy atom. The van der Waals surface area contributed by atoms with Gasteiger partial charge in [0.05, 0.1) is 22.0 Å². The van der Waals surface area contributed by atoms with Gasteiger partial charge in [0.15, 0.2) is 0 Å². The number of halogens is 4. The number of sulfonamides is 1. The van der Waals surface area contributed by atoms with Gasteiger partial charge in [-0.2, -0.15) is 13.2 Å². The van der Waals surface area contributed by atoms with E-state index in [2.05, 4.69) is 5.32 Å². The van der Waals surface area contributed by atoms with E-state index in [-0.39, 0.29) is 17.1 Å². The van der Waals surface area contributed by atoms with Crippen molar-refractivity contribution in [3.63, 3.8) is 0 Å². The van der Waals surface area contributed by atoms with Crippen molar-refractivity contribution in [2.45, 2.75) is 31.9 Å². The van der Waals surface area contributed by atoms with E-state index in [1.807, 2.05) is 0 Å². The van der Waals surface area contributed by atoms with Gasteiger partial charge in [0.2, 0.25) is 15.9 Å². The molecule has 10 heteroatoms. The largest absolute Gasteiger partial charge is 0.416 e. The second-order valence-corrected chi connectivity index (χ2v) is 8.26. The molecule has 0 aliphatic carbocycles. The van der Waals surface area contributed by atoms with E-state index in [0.717, 1.165) is 37.5 Å². The first-order valence-electron chi connectivity index (χ1n) is 7.74. The first kappa shape index (κ1) is 20.0. The molecule has 0 radical (unpaired) electrons. The number of hydrogen-bond donors (Lipinski definition) is 1. The van der Waals surface area contributed by atoms with Gasteiger partial charge in [-0.1, -0.05) is 18.0 Å². The van der Waals surface area contributed by atoms with Gasteiger partial charge in [-0.25, -0.2) is 12.7 Å². The minimum absolute atomic E-state index is 0.0553. The number of benzene rings is 1. The lowest BCUT2D eigenvalue weighted by Crippen LogP contribution is -2.37. The first-order chi connectivity index (χ1) is 11.6. The zero-order chi connectivity index (χ0) is 18.7. The van der Waals surface area contributed by atoms with Gasteiger partial charge in [-0.3, -0.25) is 4.79 Å². The van der Waals surface area contributed by atoms with Crippen molar-refractivity contribution in [1.82, 2.24) is 4.31 Å². The van der Waals surface area contributed by atoms with Crippen LogP contribution in [-0.2, 0) is 21.0 Å². The van der Waals surface area contributed by atoms with Crippen molar-refractivity contribution in [2.24, 2.45) is 0 Å². The van der Waals surface area contributed by atoms with Crippen LogP contribution in [0.5, 0.6) is 0 Å². The molecule has 1 aliphatic heterocycles. The number of piperidine rings is 1. The Morgan fingerprint density at radius 1 is 1.20 bits per heavy atom. The second-order valence-electron chi connectivity index (χ2n) is 5.77. The van der Waals surface area contributed by atoms with E-state index < -0.39 is 33.4 Å². The quantitative estimate of drug-likeness (QED) is 0.825. The molecule has 1 saturated heterocycles. The standard InChI is InChI=1S/C15H18ClF3N2O3S/c16-12-5-4-11(15(17,18)19)10-13(12)20-14(22)6-9-25(23,24)21-7-2-1-3-8-21/h4-5,10H,1-3,6-9H2,(H,20,22). The molecule has 2 rings (SSSR count). The maximum Gasteiger partial charge on any atom is 0.416 e. The SMILES string of the molecule is O=C(CCS(=O)(=O)N1CCCCC1)Nc1cc(C(F)(F)F)ccc1Cl. The summed E-state index contributed by atoms with van der Waals surface area (Å²) in [5, 5.41) is 2.19. The molecule has 0 saturated carbocycles. The highest BCUT2D eigenvalue weighted by molar-refractivity contribution is 7.89. The molecule has 140 valence electrons. The molecule has 1 fully saturated rings. The fraction of sp³-hybridized carbons (Fsp3) is 0.533. The minimum atomic E-state index is -4.57. The van der Waals surface area contributed by atoms with Crippen molar-refractivity contribution < 1.29 is 26.4 Å². The monoisotopic (exact) mass is 398 g/mol. The minimum Gasteiger partial charge on any atom is -0.325 e. The van der Waals surface area contributed by atoms with Crippen LogP contribution in [0.4, 0.5) is 18.9 Å². The van der Waals surface area contributed by atoms with Gasteiger partial charge in [0, 0.05) is 19.5 Å². The summed E-state index contributed by atoms with van der Waals surface area (Å²) in [7, 11) is -3.55. The summed E-state index contributed by atoms with van der Waals surface area (Å²) in [5.74, 6) is -1.10. The molecule has 0 spiro atoms. The zero-order valence-corrected chi connectivity index (χ0v) is 14.8. The van der Waals surface area contributed by atoms with Gasteiger partial charge < -0.3 is 5.32 Å². The molecule has 5 nitrogen and oxygen atoms in total. The number of rotatable bonds is 5. The van der Waals surface area contributed by atoms with E-state index in [4.69, 9.17) is 11.6 Å². The van der Waals surface area contributed by atoms with Gasteiger partial charge in [-0.15, -0.1) is 0 Å². The predicted molar refractivity (Wildman–Crippen MR) is 88.9 cm³/mol. The van der Waals surface area contributed by atoms with Crippen LogP contribution in [-0.4, -0.2) is 37.5 Å². The lowest BCUT2D eigenvalue weighted by Gasteiger charge is -2.25. The average molecular weight is 399 g/mol. The third kappa shape index (κ3) is 5.58. The molecule has 1 N–H and O–H groups in total. The molecule has 0 unspecified atom stereocenters. The Kier molecular flexibility index (Phi) is 6.34. The fourth-order valence-corrected chi connectivity index (χ4v) is 4.18. The Labute approximate surface area is 149 Å². The topological polar surface area (TPSA) is 66.5 Å². The van der Waals surface area contributed by atoms with Crippen LogP contribution in [0.25, 0.3) is 0 Å². The molecular weight excluding hydrogens is 381 g/mol. The van der Waals surface area contributed by atoms with Gasteiger partial charge >= 0.3 is 6.18 Å². The van der Waals surface area contributed by atoms with Gasteiger partial charge in [-0.05, 0) is 31.0 Å². The fourth-order valence-electron chi connectivity index (χ4n) is 2.50. The molecule has 1 aromatic carbocycles. The highest BCUT2D eigenvalue weighted by atomic mass is 35.5. The maximum absolute atomic E-state index is 12.7. The van der Waals surface area contributed by atoms with Crippen molar-refractivity contribution in [3.8, 4) is 0 Å². The highest BCUT2D eigenvalue weighted by Crippen LogP contribution is 2.33. The third-order valence-electron chi connectivity index (χ3n) is 3.86. The summed E-state index contributed by atoms with van der Waals surface area (Å²) in [6.07, 6.45) is -2.38. The van der Waals surface area contributed by atoms with Crippen molar-refractivity contribution >= 4 is 33.2 Å². The molecule has 1 heterocycles. The normalized spacial score (nSPS) is 16.6. The molecule has 1 amide bonds. The first-order valence-corrected chi connectivity index (χ1v) is 9.73.